The molecule has 8 heteroatoms. The van der Waals surface area contributed by atoms with Gasteiger partial charge in [0.1, 0.15) is 0 Å². The first kappa shape index (κ1) is 28.8. The van der Waals surface area contributed by atoms with Crippen molar-refractivity contribution >= 4 is 49.6 Å². The van der Waals surface area contributed by atoms with Crippen LogP contribution in [0.1, 0.15) is 22.3 Å². The molecule has 0 atom stereocenters. The standard InChI is InChI=1S/C20H22N4.4ClH/c1-2-18(14-24-16-20-7-11-22-12-8-20)4-3-17(1)13-23-15-19-5-9-21-10-6-19;;;;/h1-12,23-24H,13-16H2;4*1H. The molecule has 154 valence electrons. The summed E-state index contributed by atoms with van der Waals surface area (Å²) in [7, 11) is 0. The van der Waals surface area contributed by atoms with Gasteiger partial charge in [0.2, 0.25) is 0 Å². The number of pyridine rings is 2. The Morgan fingerprint density at radius 3 is 0.964 bits per heavy atom. The van der Waals surface area contributed by atoms with Crippen LogP contribution in [0.5, 0.6) is 0 Å². The van der Waals surface area contributed by atoms with Gasteiger partial charge in [-0.3, -0.25) is 9.97 Å². The van der Waals surface area contributed by atoms with Crippen LogP contribution in [-0.4, -0.2) is 9.97 Å². The normalized spacial score (nSPS) is 9.14. The Balaban J connectivity index is 0. The second-order valence-corrected chi connectivity index (χ2v) is 5.73. The number of aromatic nitrogens is 2. The van der Waals surface area contributed by atoms with E-state index in [1.807, 2.05) is 49.1 Å². The molecule has 2 aromatic heterocycles. The number of nitrogens with zero attached hydrogens (tertiary/aromatic N) is 2. The topological polar surface area (TPSA) is 49.8 Å². The van der Waals surface area contributed by atoms with Crippen molar-refractivity contribution in [2.24, 2.45) is 0 Å². The monoisotopic (exact) mass is 462 g/mol. The summed E-state index contributed by atoms with van der Waals surface area (Å²) in [5.41, 5.74) is 5.09. The summed E-state index contributed by atoms with van der Waals surface area (Å²) >= 11 is 0. The van der Waals surface area contributed by atoms with E-state index in [1.54, 1.807) is 0 Å². The SMILES string of the molecule is Cl.Cl.Cl.Cl.c1cc(CNCc2ccc(CNCc3ccncc3)cc2)ccn1. The van der Waals surface area contributed by atoms with Gasteiger partial charge in [-0.15, -0.1) is 49.6 Å². The number of hydrogen-bond acceptors (Lipinski definition) is 4. The van der Waals surface area contributed by atoms with Crippen LogP contribution >= 0.6 is 49.6 Å². The van der Waals surface area contributed by atoms with Crippen LogP contribution < -0.4 is 10.6 Å². The van der Waals surface area contributed by atoms with E-state index in [9.17, 15) is 0 Å². The molecule has 4 nitrogen and oxygen atoms in total. The van der Waals surface area contributed by atoms with Gasteiger partial charge >= 0.3 is 0 Å². The van der Waals surface area contributed by atoms with Crippen LogP contribution in [0.15, 0.2) is 73.3 Å². The molecule has 0 aliphatic carbocycles. The molecule has 0 aliphatic rings. The highest BCUT2D eigenvalue weighted by atomic mass is 35.5. The van der Waals surface area contributed by atoms with E-state index in [1.165, 1.54) is 22.3 Å². The molecule has 0 spiro atoms. The van der Waals surface area contributed by atoms with E-state index >= 15 is 0 Å². The molecule has 0 radical (unpaired) electrons. The Hall–Kier alpha value is -1.40. The average molecular weight is 464 g/mol. The van der Waals surface area contributed by atoms with E-state index in [4.69, 9.17) is 0 Å². The van der Waals surface area contributed by atoms with Crippen molar-refractivity contribution < 1.29 is 0 Å². The summed E-state index contributed by atoms with van der Waals surface area (Å²) in [5, 5.41) is 6.91. The third-order valence-corrected chi connectivity index (χ3v) is 3.84. The Labute approximate surface area is 191 Å². The van der Waals surface area contributed by atoms with Crippen LogP contribution in [0.25, 0.3) is 0 Å². The quantitative estimate of drug-likeness (QED) is 0.506. The zero-order valence-electron chi connectivity index (χ0n) is 15.3. The number of hydrogen-bond donors (Lipinski definition) is 2. The van der Waals surface area contributed by atoms with Crippen LogP contribution in [0.4, 0.5) is 0 Å². The number of rotatable bonds is 8. The van der Waals surface area contributed by atoms with Crippen molar-refractivity contribution in [2.75, 3.05) is 0 Å². The van der Waals surface area contributed by atoms with Gasteiger partial charge in [-0.05, 0) is 46.5 Å². The molecular weight excluding hydrogens is 438 g/mol. The van der Waals surface area contributed by atoms with Gasteiger partial charge in [-0.25, -0.2) is 0 Å². The minimum atomic E-state index is 0. The molecule has 0 saturated carbocycles. The highest BCUT2D eigenvalue weighted by molar-refractivity contribution is 5.86. The largest absolute Gasteiger partial charge is 0.309 e. The fourth-order valence-corrected chi connectivity index (χ4v) is 2.48. The molecule has 0 unspecified atom stereocenters. The van der Waals surface area contributed by atoms with E-state index in [2.05, 4.69) is 44.9 Å². The second kappa shape index (κ2) is 16.5. The van der Waals surface area contributed by atoms with Crippen molar-refractivity contribution in [3.8, 4) is 0 Å². The molecule has 0 saturated heterocycles. The van der Waals surface area contributed by atoms with Crippen LogP contribution in [0.3, 0.4) is 0 Å². The number of benzene rings is 1. The van der Waals surface area contributed by atoms with Crippen molar-refractivity contribution in [1.29, 1.82) is 0 Å². The maximum atomic E-state index is 4.03. The Bertz CT molecular complexity index is 664. The predicted octanol–water partition coefficient (Wildman–Crippen LogP) is 4.74. The fourth-order valence-electron chi connectivity index (χ4n) is 2.48. The van der Waals surface area contributed by atoms with E-state index in [0.717, 1.165) is 26.2 Å². The minimum absolute atomic E-state index is 0. The van der Waals surface area contributed by atoms with E-state index in [-0.39, 0.29) is 49.6 Å². The molecule has 0 aliphatic heterocycles. The number of nitrogens with one attached hydrogen (secondary N) is 2. The van der Waals surface area contributed by atoms with Crippen LogP contribution in [0, 0.1) is 0 Å². The Morgan fingerprint density at radius 1 is 0.429 bits per heavy atom. The summed E-state index contributed by atoms with van der Waals surface area (Å²) < 4.78 is 0. The molecule has 3 rings (SSSR count). The lowest BCUT2D eigenvalue weighted by atomic mass is 10.1. The van der Waals surface area contributed by atoms with Gasteiger partial charge in [0.05, 0.1) is 0 Å². The van der Waals surface area contributed by atoms with E-state index in [0.29, 0.717) is 0 Å². The summed E-state index contributed by atoms with van der Waals surface area (Å²) in [5.74, 6) is 0. The molecule has 0 bridgehead atoms. The van der Waals surface area contributed by atoms with Crippen molar-refractivity contribution in [2.45, 2.75) is 26.2 Å². The van der Waals surface area contributed by atoms with Crippen LogP contribution in [-0.2, 0) is 26.2 Å². The molecule has 3 aromatic rings. The highest BCUT2D eigenvalue weighted by Gasteiger charge is 1.97. The molecule has 1 aromatic carbocycles. The minimum Gasteiger partial charge on any atom is -0.309 e. The summed E-state index contributed by atoms with van der Waals surface area (Å²) in [6, 6.07) is 16.9. The lowest BCUT2D eigenvalue weighted by Crippen LogP contribution is -2.14. The first-order chi connectivity index (χ1) is 11.9. The fraction of sp³-hybridized carbons (Fsp3) is 0.200. The second-order valence-electron chi connectivity index (χ2n) is 5.73. The average Bonchev–Trinajstić information content (AvgIpc) is 2.65. The number of halogens is 4. The van der Waals surface area contributed by atoms with Gasteiger partial charge in [-0.1, -0.05) is 24.3 Å². The zero-order chi connectivity index (χ0) is 16.5. The zero-order valence-corrected chi connectivity index (χ0v) is 18.6. The van der Waals surface area contributed by atoms with E-state index < -0.39 is 0 Å². The molecule has 2 heterocycles. The first-order valence-electron chi connectivity index (χ1n) is 8.17. The van der Waals surface area contributed by atoms with Crippen LogP contribution in [0.2, 0.25) is 0 Å². The molecule has 0 amide bonds. The molecule has 28 heavy (non-hydrogen) atoms. The molecule has 2 N–H and O–H groups in total. The predicted molar refractivity (Wildman–Crippen MR) is 125 cm³/mol. The van der Waals surface area contributed by atoms with Crippen molar-refractivity contribution in [3.63, 3.8) is 0 Å². The molecule has 0 fully saturated rings. The summed E-state index contributed by atoms with van der Waals surface area (Å²) in [6.45, 7) is 3.45. The van der Waals surface area contributed by atoms with Gasteiger partial charge in [0.15, 0.2) is 0 Å². The third-order valence-electron chi connectivity index (χ3n) is 3.84. The first-order valence-corrected chi connectivity index (χ1v) is 8.17. The van der Waals surface area contributed by atoms with Gasteiger partial charge in [0.25, 0.3) is 0 Å². The Kier molecular flexibility index (Phi) is 17.0. The van der Waals surface area contributed by atoms with Gasteiger partial charge < -0.3 is 10.6 Å². The van der Waals surface area contributed by atoms with Crippen molar-refractivity contribution in [3.05, 3.63) is 95.6 Å². The van der Waals surface area contributed by atoms with Crippen molar-refractivity contribution in [1.82, 2.24) is 20.6 Å². The van der Waals surface area contributed by atoms with Gasteiger partial charge in [-0.2, -0.15) is 0 Å². The smallest absolute Gasteiger partial charge is 0.0271 e. The third kappa shape index (κ3) is 10.2. The lowest BCUT2D eigenvalue weighted by Gasteiger charge is -2.08. The highest BCUT2D eigenvalue weighted by Crippen LogP contribution is 2.05. The summed E-state index contributed by atoms with van der Waals surface area (Å²) in [6.07, 6.45) is 7.30. The maximum absolute atomic E-state index is 4.03. The lowest BCUT2D eigenvalue weighted by molar-refractivity contribution is 0.685. The van der Waals surface area contributed by atoms with Gasteiger partial charge in [0, 0.05) is 51.0 Å². The molecular formula is C20H26Cl4N4. The summed E-state index contributed by atoms with van der Waals surface area (Å²) in [4.78, 5) is 8.06. The Morgan fingerprint density at radius 2 is 0.679 bits per heavy atom. The maximum Gasteiger partial charge on any atom is 0.0271 e.